The smallest absolute Gasteiger partial charge is 0.232 e. The molecule has 156 valence electrons. The van der Waals surface area contributed by atoms with Crippen molar-refractivity contribution in [2.45, 2.75) is 46.2 Å². The van der Waals surface area contributed by atoms with E-state index in [-0.39, 0.29) is 29.4 Å². The van der Waals surface area contributed by atoms with Crippen LogP contribution < -0.4 is 5.32 Å². The van der Waals surface area contributed by atoms with Gasteiger partial charge in [0.2, 0.25) is 5.89 Å². The first-order valence-corrected chi connectivity index (χ1v) is 10.4. The van der Waals surface area contributed by atoms with E-state index in [0.717, 1.165) is 45.2 Å². The molecule has 0 amide bonds. The molecular weight excluding hydrogens is 487 g/mol. The molecular formula is C19H31IN6OS. The molecule has 0 aromatic carbocycles. The van der Waals surface area contributed by atoms with Crippen LogP contribution in [0.25, 0.3) is 0 Å². The zero-order chi connectivity index (χ0) is 19.3. The summed E-state index contributed by atoms with van der Waals surface area (Å²) >= 11 is 1.83. The molecule has 1 aliphatic rings. The van der Waals surface area contributed by atoms with Gasteiger partial charge >= 0.3 is 0 Å². The van der Waals surface area contributed by atoms with E-state index < -0.39 is 0 Å². The number of halogens is 1. The van der Waals surface area contributed by atoms with Gasteiger partial charge in [-0.15, -0.1) is 35.3 Å². The lowest BCUT2D eigenvalue weighted by molar-refractivity contribution is 0.173. The van der Waals surface area contributed by atoms with E-state index in [9.17, 15) is 0 Å². The Labute approximate surface area is 188 Å². The first-order valence-electron chi connectivity index (χ1n) is 9.57. The lowest BCUT2D eigenvalue weighted by Crippen LogP contribution is -2.52. The van der Waals surface area contributed by atoms with Crippen LogP contribution >= 0.6 is 35.3 Å². The molecule has 0 unspecified atom stereocenters. The third kappa shape index (κ3) is 6.41. The van der Waals surface area contributed by atoms with Crippen LogP contribution in [0.1, 0.15) is 44.3 Å². The largest absolute Gasteiger partial charge is 0.357 e. The van der Waals surface area contributed by atoms with E-state index in [4.69, 9.17) is 9.52 Å². The van der Waals surface area contributed by atoms with E-state index in [1.807, 2.05) is 11.3 Å². The SMILES string of the molecule is CCNC(=NCc1noc(C(C)(C)C)n1)N1CCN(Cc2cccs2)CC1.I. The van der Waals surface area contributed by atoms with Gasteiger partial charge in [0.25, 0.3) is 0 Å². The molecule has 2 aromatic rings. The minimum Gasteiger partial charge on any atom is -0.357 e. The van der Waals surface area contributed by atoms with Crippen LogP contribution in [0, 0.1) is 0 Å². The molecule has 7 nitrogen and oxygen atoms in total. The second kappa shape index (κ2) is 10.5. The summed E-state index contributed by atoms with van der Waals surface area (Å²) < 4.78 is 5.36. The maximum absolute atomic E-state index is 5.36. The third-order valence-electron chi connectivity index (χ3n) is 4.45. The van der Waals surface area contributed by atoms with Crippen molar-refractivity contribution < 1.29 is 4.52 Å². The zero-order valence-corrected chi connectivity index (χ0v) is 20.3. The lowest BCUT2D eigenvalue weighted by atomic mass is 9.97. The number of aliphatic imine (C=N–C) groups is 1. The summed E-state index contributed by atoms with van der Waals surface area (Å²) in [5.41, 5.74) is -0.141. The average Bonchev–Trinajstić information content (AvgIpc) is 3.31. The monoisotopic (exact) mass is 518 g/mol. The van der Waals surface area contributed by atoms with Crippen molar-refractivity contribution in [3.63, 3.8) is 0 Å². The molecule has 1 fully saturated rings. The fourth-order valence-electron chi connectivity index (χ4n) is 2.93. The molecule has 0 atom stereocenters. The number of piperazine rings is 1. The van der Waals surface area contributed by atoms with Crippen molar-refractivity contribution >= 4 is 41.3 Å². The van der Waals surface area contributed by atoms with Gasteiger partial charge in [0.05, 0.1) is 0 Å². The Hall–Kier alpha value is -1.20. The van der Waals surface area contributed by atoms with E-state index in [1.165, 1.54) is 4.88 Å². The predicted octanol–water partition coefficient (Wildman–Crippen LogP) is 3.33. The Bertz CT molecular complexity index is 732. The summed E-state index contributed by atoms with van der Waals surface area (Å²) in [4.78, 5) is 15.5. The second-order valence-corrected chi connectivity index (χ2v) is 8.81. The van der Waals surface area contributed by atoms with Gasteiger partial charge in [-0.05, 0) is 18.4 Å². The quantitative estimate of drug-likeness (QED) is 0.372. The molecule has 1 aliphatic heterocycles. The fourth-order valence-corrected chi connectivity index (χ4v) is 3.68. The summed E-state index contributed by atoms with van der Waals surface area (Å²) in [6, 6.07) is 4.33. The minimum atomic E-state index is -0.141. The summed E-state index contributed by atoms with van der Waals surface area (Å²) in [6.07, 6.45) is 0. The number of rotatable bonds is 5. The van der Waals surface area contributed by atoms with Crippen molar-refractivity contribution in [1.29, 1.82) is 0 Å². The molecule has 1 saturated heterocycles. The van der Waals surface area contributed by atoms with Crippen LogP contribution in [-0.2, 0) is 18.5 Å². The van der Waals surface area contributed by atoms with Crippen molar-refractivity contribution in [3.8, 4) is 0 Å². The van der Waals surface area contributed by atoms with Gasteiger partial charge < -0.3 is 14.7 Å². The highest BCUT2D eigenvalue weighted by Crippen LogP contribution is 2.20. The lowest BCUT2D eigenvalue weighted by Gasteiger charge is -2.36. The maximum Gasteiger partial charge on any atom is 0.232 e. The number of hydrogen-bond acceptors (Lipinski definition) is 6. The Morgan fingerprint density at radius 3 is 2.61 bits per heavy atom. The Morgan fingerprint density at radius 2 is 2.04 bits per heavy atom. The van der Waals surface area contributed by atoms with Gasteiger partial charge in [0.1, 0.15) is 6.54 Å². The van der Waals surface area contributed by atoms with Gasteiger partial charge in [-0.2, -0.15) is 4.98 Å². The molecule has 0 saturated carbocycles. The normalized spacial score (nSPS) is 16.1. The topological polar surface area (TPSA) is 69.8 Å². The summed E-state index contributed by atoms with van der Waals surface area (Å²) in [6.45, 7) is 14.6. The van der Waals surface area contributed by atoms with Gasteiger partial charge in [-0.1, -0.05) is 32.0 Å². The number of nitrogens with one attached hydrogen (secondary N) is 1. The van der Waals surface area contributed by atoms with Gasteiger partial charge in [0.15, 0.2) is 11.8 Å². The zero-order valence-electron chi connectivity index (χ0n) is 17.1. The number of nitrogens with zero attached hydrogens (tertiary/aromatic N) is 5. The van der Waals surface area contributed by atoms with Crippen LogP contribution in [0.4, 0.5) is 0 Å². The second-order valence-electron chi connectivity index (χ2n) is 7.78. The van der Waals surface area contributed by atoms with Crippen LogP contribution in [0.15, 0.2) is 27.0 Å². The highest BCUT2D eigenvalue weighted by atomic mass is 127. The van der Waals surface area contributed by atoms with Gasteiger partial charge in [-0.25, -0.2) is 4.99 Å². The number of guanidine groups is 1. The summed E-state index contributed by atoms with van der Waals surface area (Å²) in [7, 11) is 0. The van der Waals surface area contributed by atoms with Crippen molar-refractivity contribution in [3.05, 3.63) is 34.1 Å². The molecule has 2 aromatic heterocycles. The highest BCUT2D eigenvalue weighted by molar-refractivity contribution is 14.0. The Balaban J connectivity index is 0.00000280. The molecule has 9 heteroatoms. The Morgan fingerprint density at radius 1 is 1.29 bits per heavy atom. The molecule has 0 radical (unpaired) electrons. The van der Waals surface area contributed by atoms with E-state index >= 15 is 0 Å². The molecule has 28 heavy (non-hydrogen) atoms. The molecule has 0 spiro atoms. The van der Waals surface area contributed by atoms with Gasteiger partial charge in [0, 0.05) is 49.6 Å². The van der Waals surface area contributed by atoms with Crippen LogP contribution in [0.5, 0.6) is 0 Å². The van der Waals surface area contributed by atoms with E-state index in [0.29, 0.717) is 18.3 Å². The van der Waals surface area contributed by atoms with E-state index in [1.54, 1.807) is 0 Å². The average molecular weight is 518 g/mol. The third-order valence-corrected chi connectivity index (χ3v) is 5.31. The van der Waals surface area contributed by atoms with Crippen molar-refractivity contribution in [1.82, 2.24) is 25.3 Å². The standard InChI is InChI=1S/C19H30N6OS.HI/c1-5-20-18(21-13-16-22-17(26-23-16)19(2,3)4)25-10-8-24(9-11-25)14-15-7-6-12-27-15;/h6-7,12H,5,8-11,13-14H2,1-4H3,(H,20,21);1H. The summed E-state index contributed by atoms with van der Waals surface area (Å²) in [5, 5.41) is 9.60. The molecule has 3 heterocycles. The first kappa shape index (κ1) is 23.1. The maximum atomic E-state index is 5.36. The number of aromatic nitrogens is 2. The van der Waals surface area contributed by atoms with E-state index in [2.05, 4.69) is 70.5 Å². The summed E-state index contributed by atoms with van der Waals surface area (Å²) in [5.74, 6) is 2.21. The number of hydrogen-bond donors (Lipinski definition) is 1. The Kier molecular flexibility index (Phi) is 8.69. The first-order chi connectivity index (χ1) is 13.0. The molecule has 3 rings (SSSR count). The van der Waals surface area contributed by atoms with Gasteiger partial charge in [-0.3, -0.25) is 4.90 Å². The van der Waals surface area contributed by atoms with Crippen molar-refractivity contribution in [2.75, 3.05) is 32.7 Å². The predicted molar refractivity (Wildman–Crippen MR) is 124 cm³/mol. The van der Waals surface area contributed by atoms with Crippen LogP contribution in [0.2, 0.25) is 0 Å². The van der Waals surface area contributed by atoms with Crippen molar-refractivity contribution in [2.24, 2.45) is 4.99 Å². The highest BCUT2D eigenvalue weighted by Gasteiger charge is 2.22. The molecule has 0 bridgehead atoms. The van der Waals surface area contributed by atoms with Crippen LogP contribution in [-0.4, -0.2) is 58.6 Å². The molecule has 0 aliphatic carbocycles. The molecule has 1 N–H and O–H groups in total. The number of thiophene rings is 1. The fraction of sp³-hybridized carbons (Fsp3) is 0.632. The minimum absolute atomic E-state index is 0. The van der Waals surface area contributed by atoms with Crippen LogP contribution in [0.3, 0.4) is 0 Å².